The molecule has 0 amide bonds. The van der Waals surface area contributed by atoms with Crippen LogP contribution in [0.15, 0.2) is 34.5 Å². The lowest BCUT2D eigenvalue weighted by Crippen LogP contribution is -2.47. The van der Waals surface area contributed by atoms with E-state index in [1.54, 1.807) is 11.3 Å². The third-order valence-electron chi connectivity index (χ3n) is 5.66. The van der Waals surface area contributed by atoms with Gasteiger partial charge in [-0.2, -0.15) is 17.5 Å². The van der Waals surface area contributed by atoms with Crippen molar-refractivity contribution in [2.24, 2.45) is 0 Å². The van der Waals surface area contributed by atoms with Crippen LogP contribution in [-0.4, -0.2) is 43.3 Å². The largest absolute Gasteiger partial charge is 0.417 e. The standard InChI is InChI=1S/C19H20ClF3N2O2S2/c20-17-2-1-15(11-16(17)19(21,22)23)29(26,27)25-8-3-14(4-9-25)24-7-5-18-13(12-24)6-10-28-18/h1-2,6,10-11,14H,3-5,7-9,12H2. The number of hydrogen-bond donors (Lipinski definition) is 0. The second kappa shape index (κ2) is 7.85. The summed E-state index contributed by atoms with van der Waals surface area (Å²) in [6, 6.07) is 5.19. The van der Waals surface area contributed by atoms with E-state index in [0.717, 1.165) is 31.6 Å². The van der Waals surface area contributed by atoms with Gasteiger partial charge in [-0.1, -0.05) is 11.6 Å². The zero-order chi connectivity index (χ0) is 20.8. The molecule has 29 heavy (non-hydrogen) atoms. The zero-order valence-electron chi connectivity index (χ0n) is 15.5. The van der Waals surface area contributed by atoms with Gasteiger partial charge in [-0.3, -0.25) is 4.90 Å². The average Bonchev–Trinajstić information content (AvgIpc) is 3.15. The van der Waals surface area contributed by atoms with E-state index in [2.05, 4.69) is 16.3 Å². The lowest BCUT2D eigenvalue weighted by Gasteiger charge is -2.39. The van der Waals surface area contributed by atoms with Gasteiger partial charge in [0.25, 0.3) is 0 Å². The summed E-state index contributed by atoms with van der Waals surface area (Å²) in [6.07, 6.45) is -2.36. The summed E-state index contributed by atoms with van der Waals surface area (Å²) >= 11 is 7.39. The molecule has 1 saturated heterocycles. The third kappa shape index (κ3) is 4.20. The number of fused-ring (bicyclic) bond motifs is 1. The Morgan fingerprint density at radius 1 is 1.10 bits per heavy atom. The molecule has 10 heteroatoms. The van der Waals surface area contributed by atoms with Gasteiger partial charge in [0.2, 0.25) is 10.0 Å². The zero-order valence-corrected chi connectivity index (χ0v) is 17.8. The van der Waals surface area contributed by atoms with Crippen molar-refractivity contribution in [2.75, 3.05) is 19.6 Å². The van der Waals surface area contributed by atoms with Crippen LogP contribution in [0.5, 0.6) is 0 Å². The Kier molecular flexibility index (Phi) is 5.71. The minimum atomic E-state index is -4.70. The minimum Gasteiger partial charge on any atom is -0.296 e. The van der Waals surface area contributed by atoms with Crippen LogP contribution < -0.4 is 0 Å². The average molecular weight is 465 g/mol. The lowest BCUT2D eigenvalue weighted by molar-refractivity contribution is -0.137. The van der Waals surface area contributed by atoms with Crippen molar-refractivity contribution in [1.82, 2.24) is 9.21 Å². The Morgan fingerprint density at radius 2 is 1.83 bits per heavy atom. The third-order valence-corrected chi connectivity index (χ3v) is 8.91. The maximum atomic E-state index is 13.1. The molecular formula is C19H20ClF3N2O2S2. The molecule has 0 radical (unpaired) electrons. The molecule has 0 spiro atoms. The quantitative estimate of drug-likeness (QED) is 0.665. The smallest absolute Gasteiger partial charge is 0.296 e. The van der Waals surface area contributed by atoms with Crippen molar-refractivity contribution in [3.8, 4) is 0 Å². The number of sulfonamides is 1. The van der Waals surface area contributed by atoms with Crippen LogP contribution in [0, 0.1) is 0 Å². The Labute approximate surface area is 176 Å². The molecule has 1 aromatic carbocycles. The molecular weight excluding hydrogens is 445 g/mol. The number of benzene rings is 1. The van der Waals surface area contributed by atoms with Crippen LogP contribution in [0.1, 0.15) is 28.8 Å². The van der Waals surface area contributed by atoms with Gasteiger partial charge in [-0.15, -0.1) is 11.3 Å². The number of thiophene rings is 1. The Morgan fingerprint density at radius 3 is 2.52 bits per heavy atom. The van der Waals surface area contributed by atoms with Crippen molar-refractivity contribution in [1.29, 1.82) is 0 Å². The van der Waals surface area contributed by atoms with Crippen molar-refractivity contribution in [3.63, 3.8) is 0 Å². The van der Waals surface area contributed by atoms with Crippen molar-refractivity contribution in [3.05, 3.63) is 50.7 Å². The SMILES string of the molecule is O=S(=O)(c1ccc(Cl)c(C(F)(F)F)c1)N1CCC(N2CCc3sccc3C2)CC1. The first-order valence-electron chi connectivity index (χ1n) is 9.32. The van der Waals surface area contributed by atoms with E-state index in [1.807, 2.05) is 0 Å². The van der Waals surface area contributed by atoms with Gasteiger partial charge in [-0.05, 0) is 54.5 Å². The van der Waals surface area contributed by atoms with Gasteiger partial charge in [-0.25, -0.2) is 8.42 Å². The van der Waals surface area contributed by atoms with Gasteiger partial charge >= 0.3 is 6.18 Å². The predicted octanol–water partition coefficient (Wildman–Crippen LogP) is 4.63. The fourth-order valence-corrected chi connectivity index (χ4v) is 6.67. The molecule has 4 nitrogen and oxygen atoms in total. The molecule has 0 unspecified atom stereocenters. The first-order valence-corrected chi connectivity index (χ1v) is 12.0. The second-order valence-electron chi connectivity index (χ2n) is 7.36. The van der Waals surface area contributed by atoms with Gasteiger partial charge < -0.3 is 0 Å². The maximum Gasteiger partial charge on any atom is 0.417 e. The number of halogens is 4. The number of alkyl halides is 3. The molecule has 0 aliphatic carbocycles. The first kappa shape index (κ1) is 21.1. The summed E-state index contributed by atoms with van der Waals surface area (Å²) < 4.78 is 66.4. The molecule has 0 bridgehead atoms. The Bertz CT molecular complexity index is 999. The monoisotopic (exact) mass is 464 g/mol. The van der Waals surface area contributed by atoms with E-state index in [9.17, 15) is 21.6 Å². The summed E-state index contributed by atoms with van der Waals surface area (Å²) in [5.74, 6) is 0. The summed E-state index contributed by atoms with van der Waals surface area (Å²) in [5.41, 5.74) is 0.215. The van der Waals surface area contributed by atoms with Crippen molar-refractivity contribution in [2.45, 2.75) is 42.9 Å². The summed E-state index contributed by atoms with van der Waals surface area (Å²) in [4.78, 5) is 3.45. The van der Waals surface area contributed by atoms with Crippen LogP contribution in [-0.2, 0) is 29.2 Å². The normalized spacial score (nSPS) is 20.0. The van der Waals surface area contributed by atoms with Crippen molar-refractivity contribution >= 4 is 33.0 Å². The highest BCUT2D eigenvalue weighted by atomic mass is 35.5. The van der Waals surface area contributed by atoms with Crippen LogP contribution >= 0.6 is 22.9 Å². The molecule has 2 aliphatic heterocycles. The fourth-order valence-electron chi connectivity index (χ4n) is 4.06. The van der Waals surface area contributed by atoms with E-state index in [4.69, 9.17) is 11.6 Å². The molecule has 1 fully saturated rings. The summed E-state index contributed by atoms with van der Waals surface area (Å²) in [7, 11) is -4.00. The van der Waals surface area contributed by atoms with Gasteiger partial charge in [0.05, 0.1) is 15.5 Å². The number of nitrogens with zero attached hydrogens (tertiary/aromatic N) is 2. The predicted molar refractivity (Wildman–Crippen MR) is 107 cm³/mol. The van der Waals surface area contributed by atoms with Gasteiger partial charge in [0.15, 0.2) is 0 Å². The Hall–Kier alpha value is -1.13. The second-order valence-corrected chi connectivity index (χ2v) is 10.7. The van der Waals surface area contributed by atoms with E-state index < -0.39 is 26.8 Å². The summed E-state index contributed by atoms with van der Waals surface area (Å²) in [6.45, 7) is 2.42. The highest BCUT2D eigenvalue weighted by Crippen LogP contribution is 2.37. The highest BCUT2D eigenvalue weighted by molar-refractivity contribution is 7.89. The van der Waals surface area contributed by atoms with Crippen molar-refractivity contribution < 1.29 is 21.6 Å². The topological polar surface area (TPSA) is 40.6 Å². The first-order chi connectivity index (χ1) is 13.7. The number of piperidine rings is 1. The molecule has 158 valence electrons. The Balaban J connectivity index is 1.46. The highest BCUT2D eigenvalue weighted by Gasteiger charge is 2.37. The van der Waals surface area contributed by atoms with E-state index >= 15 is 0 Å². The molecule has 1 aromatic heterocycles. The fraction of sp³-hybridized carbons (Fsp3) is 0.474. The van der Waals surface area contributed by atoms with Crippen LogP contribution in [0.2, 0.25) is 5.02 Å². The van der Waals surface area contributed by atoms with Crippen LogP contribution in [0.3, 0.4) is 0 Å². The van der Waals surface area contributed by atoms with E-state index in [-0.39, 0.29) is 10.9 Å². The van der Waals surface area contributed by atoms with Crippen LogP contribution in [0.25, 0.3) is 0 Å². The molecule has 0 N–H and O–H groups in total. The van der Waals surface area contributed by atoms with Crippen LogP contribution in [0.4, 0.5) is 13.2 Å². The minimum absolute atomic E-state index is 0.283. The molecule has 2 aromatic rings. The molecule has 3 heterocycles. The molecule has 0 saturated carbocycles. The number of rotatable bonds is 3. The van der Waals surface area contributed by atoms with E-state index in [0.29, 0.717) is 32.0 Å². The summed E-state index contributed by atoms with van der Waals surface area (Å²) in [5, 5.41) is 1.60. The molecule has 0 atom stereocenters. The van der Waals surface area contributed by atoms with Gasteiger partial charge in [0.1, 0.15) is 0 Å². The lowest BCUT2D eigenvalue weighted by atomic mass is 10.0. The molecule has 4 rings (SSSR count). The number of hydrogen-bond acceptors (Lipinski definition) is 4. The maximum absolute atomic E-state index is 13.1. The van der Waals surface area contributed by atoms with E-state index in [1.165, 1.54) is 14.7 Å². The molecule has 2 aliphatic rings. The van der Waals surface area contributed by atoms with Gasteiger partial charge in [0, 0.05) is 37.1 Å².